The van der Waals surface area contributed by atoms with E-state index in [4.69, 9.17) is 37.6 Å². The fourth-order valence-electron chi connectivity index (χ4n) is 10.9. The molecule has 2 amide bonds. The van der Waals surface area contributed by atoms with Gasteiger partial charge in [0.1, 0.15) is 17.4 Å². The summed E-state index contributed by atoms with van der Waals surface area (Å²) in [6.45, 7) is 10.1. The lowest BCUT2D eigenvalue weighted by Gasteiger charge is -2.30. The molecule has 0 saturated carbocycles. The van der Waals surface area contributed by atoms with Gasteiger partial charge in [-0.3, -0.25) is 53.9 Å². The van der Waals surface area contributed by atoms with Gasteiger partial charge in [0.25, 0.3) is 40.5 Å². The predicted molar refractivity (Wildman–Crippen MR) is 361 cm³/mol. The zero-order chi connectivity index (χ0) is 68.2. The van der Waals surface area contributed by atoms with Crippen LogP contribution in [0.4, 0.5) is 11.4 Å². The molecule has 0 fully saturated rings. The van der Waals surface area contributed by atoms with Crippen molar-refractivity contribution in [2.75, 3.05) is 54.6 Å². The number of aliphatic imine (C=N–C) groups is 1. The van der Waals surface area contributed by atoms with Crippen LogP contribution in [0.1, 0.15) is 145 Å². The molecular formula is C64H85ClN8O15S4. The normalized spacial score (nSPS) is 15.3. The average Bonchev–Trinajstić information content (AvgIpc) is 1.57. The summed E-state index contributed by atoms with van der Waals surface area (Å²) in [5, 5.41) is 32.8. The number of hydrogen-bond donors (Lipinski definition) is 9. The first-order chi connectivity index (χ1) is 43.1. The van der Waals surface area contributed by atoms with Crippen LogP contribution in [0.15, 0.2) is 130 Å². The minimum Gasteiger partial charge on any atom is -0.497 e. The zero-order valence-corrected chi connectivity index (χ0v) is 56.7. The zero-order valence-electron chi connectivity index (χ0n) is 52.7. The van der Waals surface area contributed by atoms with Crippen LogP contribution in [0.5, 0.6) is 5.75 Å². The van der Waals surface area contributed by atoms with E-state index in [0.717, 1.165) is 0 Å². The Morgan fingerprint density at radius 2 is 1.30 bits per heavy atom. The summed E-state index contributed by atoms with van der Waals surface area (Å²) in [7, 11) is -16.2. The number of aryl methyl sites for hydroxylation is 1. The van der Waals surface area contributed by atoms with Gasteiger partial charge in [0.05, 0.1) is 39.8 Å². The number of fused-ring (bicyclic) bond motifs is 1. The number of allylic oxidation sites excluding steroid dienone is 6. The number of hydrogen-bond acceptors (Lipinski definition) is 16. The molecule has 0 radical (unpaired) electrons. The number of unbranched alkanes of at least 4 members (excludes halogenated alkanes) is 6. The first-order valence-electron chi connectivity index (χ1n) is 30.1. The smallest absolute Gasteiger partial charge is 0.294 e. The summed E-state index contributed by atoms with van der Waals surface area (Å²) in [4.78, 5) is 33.4. The first-order valence-corrected chi connectivity index (χ1v) is 36.5. The molecule has 502 valence electrons. The Kier molecular flexibility index (Phi) is 27.8. The SMILES string of the molecule is COc1ccc(N(C(C)=N)C(=N)CCC(=O)NCCCCCNC(=O)CCCCCC2(C)/C(=C/C=C/C=C/C(=N\CCCCS(=O)(=O)O)C(C)(C)c3cc(S(=O)(=O)O)ccc3C)N(CCCCS(=O)(=O)O)c3ccc(S(=O)(=O)O)cc32)c(C(=N)c2ccc(Cl)cc2)c1. The second kappa shape index (κ2) is 33.8. The van der Waals surface area contributed by atoms with Gasteiger partial charge < -0.3 is 20.3 Å². The maximum Gasteiger partial charge on any atom is 0.294 e. The van der Waals surface area contributed by atoms with E-state index in [1.165, 1.54) is 43.2 Å². The maximum atomic E-state index is 13.0. The molecule has 0 spiro atoms. The van der Waals surface area contributed by atoms with Crippen LogP contribution in [0.3, 0.4) is 0 Å². The second-order valence-electron chi connectivity index (χ2n) is 23.2. The molecule has 92 heavy (non-hydrogen) atoms. The Balaban J connectivity index is 1.20. The third-order valence-corrected chi connectivity index (χ3v) is 19.4. The van der Waals surface area contributed by atoms with Crippen molar-refractivity contribution in [3.63, 3.8) is 0 Å². The molecule has 9 N–H and O–H groups in total. The number of carbonyl (C=O) groups is 2. The number of methoxy groups -OCH3 is 1. The number of nitrogens with one attached hydrogen (secondary N) is 5. The lowest BCUT2D eigenvalue weighted by atomic mass is 9.77. The fourth-order valence-corrected chi connectivity index (χ4v) is 13.2. The number of ether oxygens (including phenoxy) is 1. The van der Waals surface area contributed by atoms with Crippen LogP contribution in [-0.4, -0.2) is 132 Å². The van der Waals surface area contributed by atoms with Crippen LogP contribution in [0.2, 0.25) is 5.02 Å². The van der Waals surface area contributed by atoms with Crippen molar-refractivity contribution in [2.24, 2.45) is 4.99 Å². The number of anilines is 2. The van der Waals surface area contributed by atoms with Crippen molar-refractivity contribution in [2.45, 2.75) is 145 Å². The third kappa shape index (κ3) is 22.7. The Hall–Kier alpha value is -6.95. The fraction of sp³-hybridized carbons (Fsp3) is 0.438. The molecule has 5 rings (SSSR count). The number of rotatable bonds is 36. The van der Waals surface area contributed by atoms with Gasteiger partial charge in [-0.1, -0.05) is 74.7 Å². The van der Waals surface area contributed by atoms with Crippen molar-refractivity contribution < 1.29 is 66.2 Å². The molecule has 4 aromatic rings. The van der Waals surface area contributed by atoms with E-state index in [-0.39, 0.29) is 84.2 Å². The number of benzene rings is 4. The van der Waals surface area contributed by atoms with Gasteiger partial charge >= 0.3 is 0 Å². The Morgan fingerprint density at radius 1 is 0.707 bits per heavy atom. The van der Waals surface area contributed by atoms with Crippen molar-refractivity contribution in [1.82, 2.24) is 10.6 Å². The topological polar surface area (TPSA) is 375 Å². The van der Waals surface area contributed by atoms with Gasteiger partial charge in [0.2, 0.25) is 11.8 Å². The van der Waals surface area contributed by atoms with Crippen LogP contribution in [-0.2, 0) is 60.9 Å². The quantitative estimate of drug-likeness (QED) is 0.00671. The summed E-state index contributed by atoms with van der Waals surface area (Å²) >= 11 is 6.09. The highest BCUT2D eigenvalue weighted by Crippen LogP contribution is 2.51. The van der Waals surface area contributed by atoms with Gasteiger partial charge in [-0.2, -0.15) is 33.7 Å². The molecule has 1 aliphatic rings. The van der Waals surface area contributed by atoms with Crippen LogP contribution in [0.25, 0.3) is 0 Å². The molecule has 0 bridgehead atoms. The molecule has 23 nitrogen and oxygen atoms in total. The number of halogens is 1. The molecular weight excluding hydrogens is 1280 g/mol. The van der Waals surface area contributed by atoms with Crippen LogP contribution < -0.4 is 25.2 Å². The highest BCUT2D eigenvalue weighted by Gasteiger charge is 2.43. The summed E-state index contributed by atoms with van der Waals surface area (Å²) < 4.78 is 140. The van der Waals surface area contributed by atoms with Gasteiger partial charge in [-0.15, -0.1) is 0 Å². The van der Waals surface area contributed by atoms with Gasteiger partial charge in [0, 0.05) is 89.5 Å². The molecule has 4 aromatic carbocycles. The lowest BCUT2D eigenvalue weighted by molar-refractivity contribution is -0.121. The number of amidine groups is 2. The molecule has 1 atom stereocenters. The second-order valence-corrected chi connectivity index (χ2v) is 29.6. The monoisotopic (exact) mass is 1370 g/mol. The van der Waals surface area contributed by atoms with Crippen molar-refractivity contribution in [3.05, 3.63) is 148 Å². The standard InChI is InChI=1S/C64H85ClN8O15S4/c1-45-23-29-50(91(82,83)84)43-53(45)63(3,4)57(69-36-16-18-40-89(76,77)78)20-10-7-11-21-58-64(5,54-44-51(92(85,86)87)30-32-56(54)72(58)39-17-19-41-90(79,80)81)35-13-8-12-22-60(74)70-37-14-9-15-38-71-61(75)34-33-59(67)73(46(2)66)55-31-28-49(88-6)42-52(55)62(68)47-24-26-48(65)27-25-47/h7,10-11,20-21,23-32,42-44,66-68H,8-9,12-19,22,33-41H2,1-6H3,(H,70,74)(H,71,75)(H,76,77,78)(H,79,80,81)(H,82,83,84)(H,85,86,87)/b11-7+,20-10+,58-21-,66-46?,67-59?,68-62?,69-57+. The highest BCUT2D eigenvalue weighted by atomic mass is 35.5. The Labute approximate surface area is 546 Å². The van der Waals surface area contributed by atoms with Crippen molar-refractivity contribution >= 4 is 98.4 Å². The molecule has 1 heterocycles. The molecule has 0 saturated heterocycles. The number of nitrogens with zero attached hydrogens (tertiary/aromatic N) is 3. The maximum absolute atomic E-state index is 13.0. The average molecular weight is 1370 g/mol. The summed E-state index contributed by atoms with van der Waals surface area (Å²) in [6, 6.07) is 20.3. The molecule has 28 heteroatoms. The lowest BCUT2D eigenvalue weighted by Crippen LogP contribution is -2.36. The van der Waals surface area contributed by atoms with E-state index < -0.39 is 62.8 Å². The molecule has 1 unspecified atom stereocenters. The van der Waals surface area contributed by atoms with Crippen molar-refractivity contribution in [1.29, 1.82) is 16.2 Å². The minimum atomic E-state index is -4.66. The number of amides is 2. The molecule has 0 aromatic heterocycles. The van der Waals surface area contributed by atoms with E-state index in [9.17, 15) is 61.5 Å². The summed E-state index contributed by atoms with van der Waals surface area (Å²) in [5.41, 5.74) is 3.28. The van der Waals surface area contributed by atoms with Crippen LogP contribution in [0, 0.1) is 23.2 Å². The Bertz CT molecular complexity index is 3930. The van der Waals surface area contributed by atoms with E-state index in [2.05, 4.69) is 10.6 Å². The van der Waals surface area contributed by atoms with E-state index >= 15 is 0 Å². The van der Waals surface area contributed by atoms with Crippen LogP contribution >= 0.6 is 11.6 Å². The third-order valence-electron chi connectivity index (χ3n) is 15.8. The van der Waals surface area contributed by atoms with E-state index in [1.807, 2.05) is 31.7 Å². The van der Waals surface area contributed by atoms with E-state index in [1.54, 1.807) is 85.8 Å². The Morgan fingerprint density at radius 3 is 1.91 bits per heavy atom. The van der Waals surface area contributed by atoms with Gasteiger partial charge in [-0.25, -0.2) is 0 Å². The largest absolute Gasteiger partial charge is 0.497 e. The van der Waals surface area contributed by atoms with Gasteiger partial charge in [-0.05, 0) is 168 Å². The molecule has 1 aliphatic heterocycles. The predicted octanol–water partition coefficient (Wildman–Crippen LogP) is 11.0. The number of carbonyl (C=O) groups excluding carboxylic acids is 2. The van der Waals surface area contributed by atoms with E-state index in [0.29, 0.717) is 132 Å². The summed E-state index contributed by atoms with van der Waals surface area (Å²) in [5.74, 6) is -0.832. The first kappa shape index (κ1) is 75.8. The van der Waals surface area contributed by atoms with Crippen molar-refractivity contribution in [3.8, 4) is 5.75 Å². The van der Waals surface area contributed by atoms with Gasteiger partial charge in [0.15, 0.2) is 0 Å². The molecule has 0 aliphatic carbocycles. The summed E-state index contributed by atoms with van der Waals surface area (Å²) in [6.07, 6.45) is 13.9. The minimum absolute atomic E-state index is 0.00149. The highest BCUT2D eigenvalue weighted by molar-refractivity contribution is 7.86.